The predicted octanol–water partition coefficient (Wildman–Crippen LogP) is 4.95. The molecule has 0 bridgehead atoms. The first kappa shape index (κ1) is 15.9. The van der Waals surface area contributed by atoms with Crippen molar-refractivity contribution in [3.8, 4) is 0 Å². The number of carbonyl (C=O) groups is 1. The highest BCUT2D eigenvalue weighted by Crippen LogP contribution is 2.35. The molecule has 0 radical (unpaired) electrons. The van der Waals surface area contributed by atoms with Crippen molar-refractivity contribution < 1.29 is 18.0 Å². The van der Waals surface area contributed by atoms with Crippen LogP contribution < -0.4 is 4.90 Å². The van der Waals surface area contributed by atoms with Crippen LogP contribution in [0.5, 0.6) is 0 Å². The number of amides is 1. The number of benzene rings is 2. The number of fused-ring (bicyclic) bond motifs is 1. The summed E-state index contributed by atoms with van der Waals surface area (Å²) in [6.07, 6.45) is -3.23. The van der Waals surface area contributed by atoms with Crippen molar-refractivity contribution in [3.05, 3.63) is 64.2 Å². The van der Waals surface area contributed by atoms with Gasteiger partial charge in [0.1, 0.15) is 0 Å². The summed E-state index contributed by atoms with van der Waals surface area (Å²) in [5.41, 5.74) is 0.814. The molecule has 2 aromatic rings. The molecule has 0 fully saturated rings. The zero-order valence-corrected chi connectivity index (χ0v) is 12.8. The van der Waals surface area contributed by atoms with Crippen LogP contribution in [-0.4, -0.2) is 12.5 Å². The minimum Gasteiger partial charge on any atom is -0.308 e. The van der Waals surface area contributed by atoms with Gasteiger partial charge in [-0.15, -0.1) is 0 Å². The lowest BCUT2D eigenvalue weighted by molar-refractivity contribution is -0.137. The van der Waals surface area contributed by atoms with Gasteiger partial charge in [0, 0.05) is 22.8 Å². The van der Waals surface area contributed by atoms with Gasteiger partial charge in [-0.2, -0.15) is 13.2 Å². The zero-order chi connectivity index (χ0) is 16.6. The second kappa shape index (κ2) is 5.89. The average Bonchev–Trinajstić information content (AvgIpc) is 2.52. The van der Waals surface area contributed by atoms with E-state index in [1.807, 2.05) is 0 Å². The lowest BCUT2D eigenvalue weighted by Crippen LogP contribution is -2.35. The molecule has 0 aromatic heterocycles. The summed E-state index contributed by atoms with van der Waals surface area (Å²) in [5, 5.41) is 0.445. The molecule has 0 unspecified atom stereocenters. The molecule has 2 nitrogen and oxygen atoms in total. The maximum absolute atomic E-state index is 12.8. The number of rotatable bonds is 1. The molecule has 3 rings (SSSR count). The lowest BCUT2D eigenvalue weighted by atomic mass is 9.98. The molecule has 1 heterocycles. The fraction of sp³-hybridized carbons (Fsp3) is 0.235. The van der Waals surface area contributed by atoms with Crippen LogP contribution in [0.25, 0.3) is 0 Å². The number of alkyl halides is 3. The van der Waals surface area contributed by atoms with E-state index in [2.05, 4.69) is 0 Å². The first-order chi connectivity index (χ1) is 10.9. The second-order valence-electron chi connectivity index (χ2n) is 5.41. The highest BCUT2D eigenvalue weighted by Gasteiger charge is 2.32. The van der Waals surface area contributed by atoms with Gasteiger partial charge in [0.25, 0.3) is 5.91 Å². The number of aryl methyl sites for hydroxylation is 1. The Morgan fingerprint density at radius 1 is 1.13 bits per heavy atom. The van der Waals surface area contributed by atoms with Gasteiger partial charge in [-0.1, -0.05) is 17.7 Å². The van der Waals surface area contributed by atoms with Crippen LogP contribution in [0.1, 0.15) is 27.9 Å². The fourth-order valence-electron chi connectivity index (χ4n) is 2.76. The minimum absolute atomic E-state index is 0.256. The molecule has 0 N–H and O–H groups in total. The number of carbonyl (C=O) groups excluding carboxylic acids is 1. The first-order valence-corrected chi connectivity index (χ1v) is 7.51. The number of anilines is 1. The normalized spacial score (nSPS) is 14.5. The molecule has 1 aliphatic heterocycles. The fourth-order valence-corrected chi connectivity index (χ4v) is 2.95. The Morgan fingerprint density at radius 3 is 2.61 bits per heavy atom. The van der Waals surface area contributed by atoms with Gasteiger partial charge in [0.05, 0.1) is 5.56 Å². The third kappa shape index (κ3) is 3.20. The highest BCUT2D eigenvalue weighted by molar-refractivity contribution is 6.31. The molecule has 2 aromatic carbocycles. The van der Waals surface area contributed by atoms with Crippen LogP contribution in [0.15, 0.2) is 42.5 Å². The van der Waals surface area contributed by atoms with Crippen LogP contribution in [0, 0.1) is 0 Å². The standard InChI is InChI=1S/C17H13ClF3NO/c18-14-5-1-3-12(10-14)16(23)22-8-2-4-11-9-13(17(19,20)21)6-7-15(11)22/h1,3,5-7,9-10H,2,4,8H2. The van der Waals surface area contributed by atoms with Crippen LogP contribution in [-0.2, 0) is 12.6 Å². The van der Waals surface area contributed by atoms with Gasteiger partial charge in [-0.3, -0.25) is 4.79 Å². The molecule has 120 valence electrons. The van der Waals surface area contributed by atoms with E-state index in [0.717, 1.165) is 12.1 Å². The van der Waals surface area contributed by atoms with Gasteiger partial charge in [0.15, 0.2) is 0 Å². The molecule has 0 saturated carbocycles. The van der Waals surface area contributed by atoms with Crippen molar-refractivity contribution >= 4 is 23.2 Å². The van der Waals surface area contributed by atoms with E-state index >= 15 is 0 Å². The van der Waals surface area contributed by atoms with Crippen molar-refractivity contribution in [1.29, 1.82) is 0 Å². The SMILES string of the molecule is O=C(c1cccc(Cl)c1)N1CCCc2cc(C(F)(F)F)ccc21. The Labute approximate surface area is 136 Å². The molecular weight excluding hydrogens is 327 g/mol. The molecule has 1 aliphatic rings. The third-order valence-electron chi connectivity index (χ3n) is 3.84. The van der Waals surface area contributed by atoms with Gasteiger partial charge < -0.3 is 4.90 Å². The number of nitrogens with zero attached hydrogens (tertiary/aromatic N) is 1. The summed E-state index contributed by atoms with van der Waals surface area (Å²) >= 11 is 5.90. The van der Waals surface area contributed by atoms with E-state index in [1.165, 1.54) is 11.0 Å². The van der Waals surface area contributed by atoms with Gasteiger partial charge in [-0.05, 0) is 54.8 Å². The topological polar surface area (TPSA) is 20.3 Å². The molecule has 0 saturated heterocycles. The quantitative estimate of drug-likeness (QED) is 0.719. The summed E-state index contributed by atoms with van der Waals surface area (Å²) in [7, 11) is 0. The van der Waals surface area contributed by atoms with E-state index < -0.39 is 11.7 Å². The van der Waals surface area contributed by atoms with Crippen LogP contribution in [0.4, 0.5) is 18.9 Å². The Hall–Kier alpha value is -2.01. The lowest BCUT2D eigenvalue weighted by Gasteiger charge is -2.30. The van der Waals surface area contributed by atoms with Crippen molar-refractivity contribution in [2.45, 2.75) is 19.0 Å². The molecular formula is C17H13ClF3NO. The molecule has 6 heteroatoms. The minimum atomic E-state index is -4.38. The molecule has 23 heavy (non-hydrogen) atoms. The van der Waals surface area contributed by atoms with E-state index in [4.69, 9.17) is 11.6 Å². The van der Waals surface area contributed by atoms with Crippen molar-refractivity contribution in [1.82, 2.24) is 0 Å². The number of hydrogen-bond donors (Lipinski definition) is 0. The van der Waals surface area contributed by atoms with Crippen LogP contribution in [0.2, 0.25) is 5.02 Å². The number of halogens is 4. The van der Waals surface area contributed by atoms with E-state index in [9.17, 15) is 18.0 Å². The summed E-state index contributed by atoms with van der Waals surface area (Å²) in [5.74, 6) is -0.256. The second-order valence-corrected chi connectivity index (χ2v) is 5.85. The monoisotopic (exact) mass is 339 g/mol. The molecule has 1 amide bonds. The zero-order valence-electron chi connectivity index (χ0n) is 12.0. The van der Waals surface area contributed by atoms with E-state index in [-0.39, 0.29) is 5.91 Å². The first-order valence-electron chi connectivity index (χ1n) is 7.14. The van der Waals surface area contributed by atoms with Crippen LogP contribution >= 0.6 is 11.6 Å². The summed E-state index contributed by atoms with van der Waals surface area (Å²) in [4.78, 5) is 14.2. The van der Waals surface area contributed by atoms with Crippen molar-refractivity contribution in [2.75, 3.05) is 11.4 Å². The Kier molecular flexibility index (Phi) is 4.06. The van der Waals surface area contributed by atoms with Gasteiger partial charge in [-0.25, -0.2) is 0 Å². The summed E-state index contributed by atoms with van der Waals surface area (Å²) < 4.78 is 38.5. The molecule has 0 aliphatic carbocycles. The Morgan fingerprint density at radius 2 is 1.91 bits per heavy atom. The van der Waals surface area contributed by atoms with Crippen LogP contribution in [0.3, 0.4) is 0 Å². The third-order valence-corrected chi connectivity index (χ3v) is 4.08. The predicted molar refractivity (Wildman–Crippen MR) is 82.9 cm³/mol. The average molecular weight is 340 g/mol. The Bertz CT molecular complexity index is 758. The molecule has 0 atom stereocenters. The summed E-state index contributed by atoms with van der Waals surface area (Å²) in [6.45, 7) is 0.476. The van der Waals surface area contributed by atoms with E-state index in [1.54, 1.807) is 24.3 Å². The van der Waals surface area contributed by atoms with Crippen molar-refractivity contribution in [2.24, 2.45) is 0 Å². The van der Waals surface area contributed by atoms with Crippen molar-refractivity contribution in [3.63, 3.8) is 0 Å². The smallest absolute Gasteiger partial charge is 0.308 e. The van der Waals surface area contributed by atoms with E-state index in [0.29, 0.717) is 41.2 Å². The Balaban J connectivity index is 1.97. The largest absolute Gasteiger partial charge is 0.416 e. The molecule has 0 spiro atoms. The van der Waals surface area contributed by atoms with Gasteiger partial charge in [0.2, 0.25) is 0 Å². The number of hydrogen-bond acceptors (Lipinski definition) is 1. The van der Waals surface area contributed by atoms with Gasteiger partial charge >= 0.3 is 6.18 Å². The maximum Gasteiger partial charge on any atom is 0.416 e. The highest BCUT2D eigenvalue weighted by atomic mass is 35.5. The maximum atomic E-state index is 12.8. The summed E-state index contributed by atoms with van der Waals surface area (Å²) in [6, 6.07) is 10.1.